The number of aliphatic hydroxyl groups is 1. The Morgan fingerprint density at radius 2 is 2.00 bits per heavy atom. The third-order valence-electron chi connectivity index (χ3n) is 2.46. The second kappa shape index (κ2) is 4.85. The number of aliphatic hydroxyl groups excluding tert-OH is 1. The maximum absolute atomic E-state index is 8.88. The fourth-order valence-electron chi connectivity index (χ4n) is 1.55. The minimum absolute atomic E-state index is 0.0328. The smallest absolute Gasteiger partial charge is 0.182 e. The quantitative estimate of drug-likeness (QED) is 0.828. The van der Waals surface area contributed by atoms with Gasteiger partial charge in [0.2, 0.25) is 0 Å². The highest BCUT2D eigenvalue weighted by atomic mass is 16.3. The average Bonchev–Trinajstić information content (AvgIpc) is 2.78. The van der Waals surface area contributed by atoms with Crippen LogP contribution in [0.25, 0.3) is 11.4 Å². The molecule has 1 aromatic carbocycles. The number of aryl methyl sites for hydroxylation is 1. The summed E-state index contributed by atoms with van der Waals surface area (Å²) in [5.74, 6) is 0.691. The van der Waals surface area contributed by atoms with E-state index >= 15 is 0 Å². The summed E-state index contributed by atoms with van der Waals surface area (Å²) in [6.45, 7) is 2.56. The molecule has 5 heteroatoms. The van der Waals surface area contributed by atoms with Gasteiger partial charge in [-0.2, -0.15) is 0 Å². The van der Waals surface area contributed by atoms with Gasteiger partial charge in [0.1, 0.15) is 0 Å². The van der Waals surface area contributed by atoms with Crippen molar-refractivity contribution in [2.75, 3.05) is 6.61 Å². The van der Waals surface area contributed by atoms with Crippen molar-refractivity contribution >= 4 is 0 Å². The Morgan fingerprint density at radius 3 is 2.62 bits per heavy atom. The fraction of sp³-hybridized carbons (Fsp3) is 0.364. The number of aromatic nitrogens is 4. The van der Waals surface area contributed by atoms with E-state index in [-0.39, 0.29) is 6.61 Å². The van der Waals surface area contributed by atoms with E-state index in [1.165, 1.54) is 5.56 Å². The van der Waals surface area contributed by atoms with Crippen LogP contribution in [0.4, 0.5) is 0 Å². The number of tetrazole rings is 1. The molecule has 1 heterocycles. The van der Waals surface area contributed by atoms with Crippen molar-refractivity contribution < 1.29 is 5.11 Å². The minimum Gasteiger partial charge on any atom is -0.394 e. The van der Waals surface area contributed by atoms with Crippen LogP contribution in [0.2, 0.25) is 0 Å². The van der Waals surface area contributed by atoms with Crippen LogP contribution in [0.3, 0.4) is 0 Å². The third-order valence-corrected chi connectivity index (χ3v) is 2.46. The molecule has 0 saturated carbocycles. The maximum atomic E-state index is 8.88. The molecular formula is C11H14N4O. The van der Waals surface area contributed by atoms with E-state index in [1.54, 1.807) is 4.68 Å². The van der Waals surface area contributed by atoms with Crippen LogP contribution in [-0.2, 0) is 13.0 Å². The largest absolute Gasteiger partial charge is 0.394 e. The molecule has 5 nitrogen and oxygen atoms in total. The monoisotopic (exact) mass is 218 g/mol. The van der Waals surface area contributed by atoms with Gasteiger partial charge in [0, 0.05) is 5.56 Å². The molecule has 0 fully saturated rings. The fourth-order valence-corrected chi connectivity index (χ4v) is 1.55. The highest BCUT2D eigenvalue weighted by molar-refractivity contribution is 5.54. The summed E-state index contributed by atoms with van der Waals surface area (Å²) >= 11 is 0. The van der Waals surface area contributed by atoms with Crippen molar-refractivity contribution in [3.05, 3.63) is 29.8 Å². The van der Waals surface area contributed by atoms with Crippen molar-refractivity contribution in [3.8, 4) is 11.4 Å². The molecule has 0 atom stereocenters. The Bertz CT molecular complexity index is 449. The van der Waals surface area contributed by atoms with Crippen LogP contribution in [-0.4, -0.2) is 31.9 Å². The molecular weight excluding hydrogens is 204 g/mol. The first-order valence-electron chi connectivity index (χ1n) is 5.31. The zero-order chi connectivity index (χ0) is 11.4. The van der Waals surface area contributed by atoms with E-state index in [1.807, 2.05) is 12.1 Å². The Kier molecular flexibility index (Phi) is 3.26. The van der Waals surface area contributed by atoms with Gasteiger partial charge in [-0.1, -0.05) is 31.2 Å². The van der Waals surface area contributed by atoms with Crippen LogP contribution in [0.5, 0.6) is 0 Å². The number of rotatable bonds is 4. The molecule has 84 valence electrons. The standard InChI is InChI=1S/C11H14N4O/c1-2-9-3-5-10(6-4-9)11-12-13-14-15(11)7-8-16/h3-6,16H,2,7-8H2,1H3. The van der Waals surface area contributed by atoms with Gasteiger partial charge >= 0.3 is 0 Å². The molecule has 1 aromatic heterocycles. The van der Waals surface area contributed by atoms with Crippen molar-refractivity contribution in [2.24, 2.45) is 0 Å². The lowest BCUT2D eigenvalue weighted by molar-refractivity contribution is 0.269. The van der Waals surface area contributed by atoms with E-state index in [4.69, 9.17) is 5.11 Å². The molecule has 1 N–H and O–H groups in total. The molecule has 2 rings (SSSR count). The molecule has 0 aliphatic heterocycles. The van der Waals surface area contributed by atoms with Gasteiger partial charge in [0.15, 0.2) is 5.82 Å². The van der Waals surface area contributed by atoms with Crippen molar-refractivity contribution in [1.29, 1.82) is 0 Å². The Labute approximate surface area is 93.7 Å². The number of benzene rings is 1. The van der Waals surface area contributed by atoms with Gasteiger partial charge in [-0.25, -0.2) is 4.68 Å². The van der Waals surface area contributed by atoms with Crippen LogP contribution in [0.1, 0.15) is 12.5 Å². The zero-order valence-electron chi connectivity index (χ0n) is 9.17. The first-order valence-corrected chi connectivity index (χ1v) is 5.31. The van der Waals surface area contributed by atoms with Gasteiger partial charge in [-0.05, 0) is 22.4 Å². The minimum atomic E-state index is 0.0328. The number of hydrogen-bond acceptors (Lipinski definition) is 4. The normalized spacial score (nSPS) is 10.6. The van der Waals surface area contributed by atoms with Crippen molar-refractivity contribution in [2.45, 2.75) is 19.9 Å². The predicted molar refractivity (Wildman–Crippen MR) is 59.7 cm³/mol. The van der Waals surface area contributed by atoms with E-state index in [2.05, 4.69) is 34.6 Å². The third kappa shape index (κ3) is 2.09. The molecule has 0 amide bonds. The Balaban J connectivity index is 2.31. The topological polar surface area (TPSA) is 63.8 Å². The maximum Gasteiger partial charge on any atom is 0.182 e. The van der Waals surface area contributed by atoms with Crippen molar-refractivity contribution in [1.82, 2.24) is 20.2 Å². The van der Waals surface area contributed by atoms with Crippen molar-refractivity contribution in [3.63, 3.8) is 0 Å². The van der Waals surface area contributed by atoms with E-state index in [0.717, 1.165) is 12.0 Å². The highest BCUT2D eigenvalue weighted by Gasteiger charge is 2.07. The zero-order valence-corrected chi connectivity index (χ0v) is 9.17. The van der Waals surface area contributed by atoms with Crippen LogP contribution < -0.4 is 0 Å². The van der Waals surface area contributed by atoms with E-state index in [9.17, 15) is 0 Å². The second-order valence-electron chi connectivity index (χ2n) is 3.50. The second-order valence-corrected chi connectivity index (χ2v) is 3.50. The molecule has 0 aliphatic rings. The Morgan fingerprint density at radius 1 is 1.25 bits per heavy atom. The van der Waals surface area contributed by atoms with Crippen LogP contribution in [0, 0.1) is 0 Å². The molecule has 0 saturated heterocycles. The first kappa shape index (κ1) is 10.8. The average molecular weight is 218 g/mol. The molecule has 0 bridgehead atoms. The summed E-state index contributed by atoms with van der Waals surface area (Å²) in [7, 11) is 0. The van der Waals surface area contributed by atoms with Gasteiger partial charge in [0.05, 0.1) is 13.2 Å². The summed E-state index contributed by atoms with van der Waals surface area (Å²) in [5, 5.41) is 20.3. The summed E-state index contributed by atoms with van der Waals surface area (Å²) < 4.78 is 1.60. The molecule has 0 radical (unpaired) electrons. The SMILES string of the molecule is CCc1ccc(-c2nnnn2CCO)cc1. The molecule has 16 heavy (non-hydrogen) atoms. The van der Waals surface area contributed by atoms with Gasteiger partial charge in [0.25, 0.3) is 0 Å². The molecule has 0 unspecified atom stereocenters. The lowest BCUT2D eigenvalue weighted by Crippen LogP contribution is -2.06. The molecule has 0 aliphatic carbocycles. The molecule has 0 spiro atoms. The lowest BCUT2D eigenvalue weighted by atomic mass is 10.1. The Hall–Kier alpha value is -1.75. The van der Waals surface area contributed by atoms with Gasteiger partial charge in [-0.15, -0.1) is 5.10 Å². The number of hydrogen-bond donors (Lipinski definition) is 1. The summed E-state index contributed by atoms with van der Waals surface area (Å²) in [5.41, 5.74) is 2.25. The predicted octanol–water partition coefficient (Wildman–Crippen LogP) is 0.895. The first-order chi connectivity index (χ1) is 7.85. The van der Waals surface area contributed by atoms with Gasteiger partial charge in [-0.3, -0.25) is 0 Å². The van der Waals surface area contributed by atoms with Crippen LogP contribution in [0.15, 0.2) is 24.3 Å². The lowest BCUT2D eigenvalue weighted by Gasteiger charge is -2.03. The van der Waals surface area contributed by atoms with Gasteiger partial charge < -0.3 is 5.11 Å². The highest BCUT2D eigenvalue weighted by Crippen LogP contribution is 2.16. The van der Waals surface area contributed by atoms with E-state index in [0.29, 0.717) is 12.4 Å². The summed E-state index contributed by atoms with van der Waals surface area (Å²) in [6.07, 6.45) is 1.02. The van der Waals surface area contributed by atoms with Crippen LogP contribution >= 0.6 is 0 Å². The summed E-state index contributed by atoms with van der Waals surface area (Å²) in [4.78, 5) is 0. The summed E-state index contributed by atoms with van der Waals surface area (Å²) in [6, 6.07) is 8.12. The van der Waals surface area contributed by atoms with E-state index < -0.39 is 0 Å². The number of nitrogens with zero attached hydrogens (tertiary/aromatic N) is 4. The molecule has 2 aromatic rings.